The summed E-state index contributed by atoms with van der Waals surface area (Å²) in [4.78, 5) is 38.1. The van der Waals surface area contributed by atoms with Crippen molar-refractivity contribution in [2.24, 2.45) is 11.8 Å². The van der Waals surface area contributed by atoms with Crippen molar-refractivity contribution in [2.75, 3.05) is 0 Å². The first-order valence-electron chi connectivity index (χ1n) is 7.65. The molecule has 0 aliphatic carbocycles. The Bertz CT molecular complexity index is 652. The van der Waals surface area contributed by atoms with Gasteiger partial charge in [-0.15, -0.1) is 0 Å². The summed E-state index contributed by atoms with van der Waals surface area (Å²) >= 11 is 0. The van der Waals surface area contributed by atoms with Gasteiger partial charge in [-0.05, 0) is 51.7 Å². The molecule has 138 valence electrons. The Balaban J connectivity index is 2.75. The molecule has 3 N–H and O–H groups in total. The summed E-state index contributed by atoms with van der Waals surface area (Å²) in [5.74, 6) is 1.64. The van der Waals surface area contributed by atoms with Crippen molar-refractivity contribution in [3.63, 3.8) is 0 Å². The molecule has 0 fully saturated rings. The number of phenols is 1. The first-order chi connectivity index (χ1) is 11.5. The van der Waals surface area contributed by atoms with E-state index in [1.165, 1.54) is 18.2 Å². The number of benzene rings is 1. The lowest BCUT2D eigenvalue weighted by atomic mass is 9.99. The van der Waals surface area contributed by atoms with Crippen molar-refractivity contribution >= 4 is 17.6 Å². The molecule has 25 heavy (non-hydrogen) atoms. The van der Waals surface area contributed by atoms with Crippen LogP contribution in [-0.2, 0) is 25.6 Å². The molecule has 1 atom stereocenters. The normalized spacial score (nSPS) is 12.3. The molecule has 0 spiro atoms. The van der Waals surface area contributed by atoms with Crippen LogP contribution in [0.3, 0.4) is 0 Å². The lowest BCUT2D eigenvalue weighted by molar-refractivity contribution is -0.385. The van der Waals surface area contributed by atoms with Gasteiger partial charge in [0.1, 0.15) is 5.60 Å². The van der Waals surface area contributed by atoms with E-state index in [4.69, 9.17) is 10.6 Å². The first-order valence-corrected chi connectivity index (χ1v) is 7.65. The van der Waals surface area contributed by atoms with E-state index in [2.05, 4.69) is 4.84 Å². The molecule has 0 amide bonds. The van der Waals surface area contributed by atoms with E-state index in [0.717, 1.165) is 0 Å². The van der Waals surface area contributed by atoms with Crippen molar-refractivity contribution in [1.29, 1.82) is 0 Å². The molecule has 1 aromatic carbocycles. The van der Waals surface area contributed by atoms with Crippen LogP contribution in [0.15, 0.2) is 18.2 Å². The predicted molar refractivity (Wildman–Crippen MR) is 87.3 cm³/mol. The lowest BCUT2D eigenvalue weighted by Gasteiger charge is -2.22. The summed E-state index contributed by atoms with van der Waals surface area (Å²) in [6, 6.07) is 4.01. The van der Waals surface area contributed by atoms with Crippen LogP contribution < -0.4 is 5.90 Å². The minimum absolute atomic E-state index is 0.111. The number of rotatable bonds is 7. The van der Waals surface area contributed by atoms with E-state index < -0.39 is 39.8 Å². The molecule has 9 nitrogen and oxygen atoms in total. The maximum atomic E-state index is 12.1. The number of hydrogen-bond donors (Lipinski definition) is 2. The number of nitrogens with two attached hydrogens (primary N) is 1. The highest BCUT2D eigenvalue weighted by atomic mass is 16.7. The average Bonchev–Trinajstić information content (AvgIpc) is 2.50. The maximum absolute atomic E-state index is 12.1. The number of esters is 1. The lowest BCUT2D eigenvalue weighted by Crippen LogP contribution is -2.34. The Morgan fingerprint density at radius 3 is 2.48 bits per heavy atom. The van der Waals surface area contributed by atoms with Crippen LogP contribution in [-0.4, -0.2) is 27.6 Å². The minimum atomic E-state index is -1.17. The van der Waals surface area contributed by atoms with E-state index in [1.807, 2.05) is 0 Å². The molecule has 0 saturated carbocycles. The molecule has 1 aromatic rings. The van der Waals surface area contributed by atoms with Gasteiger partial charge in [-0.25, -0.2) is 4.79 Å². The number of aryl methyl sites for hydroxylation is 1. The standard InChI is InChI=1S/C16H22N2O7/c1-16(2,3)24-14(20)11(15(21)25-17)6-4-5-10-7-8-13(19)12(9-10)18(22)23/h7-9,11,19H,4-6,17H2,1-3H3/t11-/m0/s1. The molecule has 0 aliphatic heterocycles. The van der Waals surface area contributed by atoms with Crippen LogP contribution in [0.5, 0.6) is 5.75 Å². The third-order valence-electron chi connectivity index (χ3n) is 3.29. The highest BCUT2D eigenvalue weighted by molar-refractivity contribution is 5.94. The van der Waals surface area contributed by atoms with E-state index >= 15 is 0 Å². The largest absolute Gasteiger partial charge is 0.502 e. The van der Waals surface area contributed by atoms with E-state index in [0.29, 0.717) is 18.4 Å². The van der Waals surface area contributed by atoms with Crippen LogP contribution in [0.2, 0.25) is 0 Å². The van der Waals surface area contributed by atoms with Gasteiger partial charge in [-0.2, -0.15) is 5.90 Å². The highest BCUT2D eigenvalue weighted by Gasteiger charge is 2.32. The van der Waals surface area contributed by atoms with Crippen LogP contribution in [0.25, 0.3) is 0 Å². The van der Waals surface area contributed by atoms with Crippen molar-refractivity contribution in [3.8, 4) is 5.75 Å². The highest BCUT2D eigenvalue weighted by Crippen LogP contribution is 2.27. The first kappa shape index (κ1) is 20.4. The van der Waals surface area contributed by atoms with Gasteiger partial charge in [-0.3, -0.25) is 14.9 Å². The number of nitro benzene ring substituents is 1. The fourth-order valence-electron chi connectivity index (χ4n) is 2.17. The van der Waals surface area contributed by atoms with Crippen LogP contribution in [0, 0.1) is 16.0 Å². The van der Waals surface area contributed by atoms with Gasteiger partial charge in [0.15, 0.2) is 11.7 Å². The van der Waals surface area contributed by atoms with Crippen LogP contribution in [0.1, 0.15) is 39.2 Å². The maximum Gasteiger partial charge on any atom is 0.338 e. The number of carbonyl (C=O) groups is 2. The second kappa shape index (κ2) is 8.43. The summed E-state index contributed by atoms with van der Waals surface area (Å²) in [7, 11) is 0. The van der Waals surface area contributed by atoms with Crippen molar-refractivity contribution in [3.05, 3.63) is 33.9 Å². The smallest absolute Gasteiger partial charge is 0.338 e. The topological polar surface area (TPSA) is 142 Å². The van der Waals surface area contributed by atoms with Gasteiger partial charge in [0.25, 0.3) is 0 Å². The Labute approximate surface area is 144 Å². The molecule has 0 unspecified atom stereocenters. The molecule has 0 radical (unpaired) electrons. The Morgan fingerprint density at radius 2 is 1.96 bits per heavy atom. The average molecular weight is 354 g/mol. The second-order valence-corrected chi connectivity index (χ2v) is 6.50. The Kier molecular flexibility index (Phi) is 6.86. The molecule has 9 heteroatoms. The van der Waals surface area contributed by atoms with Crippen LogP contribution in [0.4, 0.5) is 5.69 Å². The number of carbonyl (C=O) groups excluding carboxylic acids is 2. The summed E-state index contributed by atoms with van der Waals surface area (Å²) in [5, 5.41) is 20.2. The zero-order chi connectivity index (χ0) is 19.2. The number of aromatic hydroxyl groups is 1. The summed E-state index contributed by atoms with van der Waals surface area (Å²) < 4.78 is 5.17. The molecule has 0 heterocycles. The van der Waals surface area contributed by atoms with Crippen molar-refractivity contribution < 1.29 is 29.2 Å². The summed E-state index contributed by atoms with van der Waals surface area (Å²) in [6.45, 7) is 5.02. The van der Waals surface area contributed by atoms with Gasteiger partial charge in [0, 0.05) is 6.07 Å². The minimum Gasteiger partial charge on any atom is -0.502 e. The zero-order valence-corrected chi connectivity index (χ0v) is 14.4. The molecular weight excluding hydrogens is 332 g/mol. The van der Waals surface area contributed by atoms with Crippen molar-refractivity contribution in [1.82, 2.24) is 0 Å². The van der Waals surface area contributed by atoms with Gasteiger partial charge in [0.2, 0.25) is 0 Å². The van der Waals surface area contributed by atoms with E-state index in [9.17, 15) is 24.8 Å². The Hall–Kier alpha value is -2.68. The number of nitrogens with zero attached hydrogens (tertiary/aromatic N) is 1. The molecule has 0 bridgehead atoms. The molecule has 0 saturated heterocycles. The second-order valence-electron chi connectivity index (χ2n) is 6.50. The fourth-order valence-corrected chi connectivity index (χ4v) is 2.17. The summed E-state index contributed by atoms with van der Waals surface area (Å²) in [5.41, 5.74) is -0.571. The third kappa shape index (κ3) is 6.38. The quantitative estimate of drug-likeness (QED) is 0.328. The molecular formula is C16H22N2O7. The van der Waals surface area contributed by atoms with Gasteiger partial charge in [0.05, 0.1) is 4.92 Å². The number of hydrogen-bond acceptors (Lipinski definition) is 8. The summed E-state index contributed by atoms with van der Waals surface area (Å²) in [6.07, 6.45) is 0.832. The molecule has 1 rings (SSSR count). The van der Waals surface area contributed by atoms with Gasteiger partial charge in [-0.1, -0.05) is 6.07 Å². The van der Waals surface area contributed by atoms with Gasteiger partial charge < -0.3 is 14.7 Å². The number of ether oxygens (including phenoxy) is 1. The van der Waals surface area contributed by atoms with Crippen molar-refractivity contribution in [2.45, 2.75) is 45.6 Å². The van der Waals surface area contributed by atoms with E-state index in [-0.39, 0.29) is 6.42 Å². The van der Waals surface area contributed by atoms with E-state index in [1.54, 1.807) is 20.8 Å². The van der Waals surface area contributed by atoms with Crippen LogP contribution >= 0.6 is 0 Å². The number of nitro groups is 1. The Morgan fingerprint density at radius 1 is 1.32 bits per heavy atom. The number of phenolic OH excluding ortho intramolecular Hbond substituents is 1. The van der Waals surface area contributed by atoms with Gasteiger partial charge >= 0.3 is 17.6 Å². The molecule has 0 aromatic heterocycles. The SMILES string of the molecule is CC(C)(C)OC(=O)[C@H](CCCc1ccc(O)c([N+](=O)[O-])c1)C(=O)ON. The predicted octanol–water partition coefficient (Wildman–Crippen LogP) is 2.00. The monoisotopic (exact) mass is 354 g/mol. The zero-order valence-electron chi connectivity index (χ0n) is 14.4. The third-order valence-corrected chi connectivity index (χ3v) is 3.29. The fraction of sp³-hybridized carbons (Fsp3) is 0.500. The molecule has 0 aliphatic rings.